The molecule has 4 nitrogen and oxygen atoms in total. The number of rotatable bonds is 3. The van der Waals surface area contributed by atoms with Gasteiger partial charge >= 0.3 is 6.18 Å². The van der Waals surface area contributed by atoms with Crippen molar-refractivity contribution in [2.75, 3.05) is 0 Å². The summed E-state index contributed by atoms with van der Waals surface area (Å²) in [5, 5.41) is 13.3. The fourth-order valence-electron chi connectivity index (χ4n) is 3.33. The Bertz CT molecular complexity index is 940. The van der Waals surface area contributed by atoms with Gasteiger partial charge in [0.25, 0.3) is 5.91 Å². The quantitative estimate of drug-likeness (QED) is 0.736. The third-order valence-corrected chi connectivity index (χ3v) is 5.04. The van der Waals surface area contributed by atoms with Crippen molar-refractivity contribution in [2.45, 2.75) is 51.1 Å². The smallest absolute Gasteiger partial charge is 0.419 e. The van der Waals surface area contributed by atoms with E-state index >= 15 is 0 Å². The number of hydrogen-bond acceptors (Lipinski definition) is 3. The molecule has 8 heteroatoms. The minimum Gasteiger partial charge on any atom is -0.485 e. The highest BCUT2D eigenvalue weighted by Crippen LogP contribution is 2.40. The summed E-state index contributed by atoms with van der Waals surface area (Å²) in [5.41, 5.74) is -1.45. The Kier molecular flexibility index (Phi) is 5.34. The lowest BCUT2D eigenvalue weighted by molar-refractivity contribution is -0.140. The third kappa shape index (κ3) is 4.07. The maximum absolute atomic E-state index is 13.5. The van der Waals surface area contributed by atoms with Gasteiger partial charge in [-0.05, 0) is 56.2 Å². The van der Waals surface area contributed by atoms with Crippen molar-refractivity contribution in [3.8, 4) is 5.75 Å². The van der Waals surface area contributed by atoms with E-state index in [4.69, 9.17) is 4.74 Å². The Morgan fingerprint density at radius 1 is 1.21 bits per heavy atom. The summed E-state index contributed by atoms with van der Waals surface area (Å²) in [6.45, 7) is 5.23. The minimum absolute atomic E-state index is 0.358. The van der Waals surface area contributed by atoms with Crippen molar-refractivity contribution in [1.82, 2.24) is 5.32 Å². The molecular weight excluding hydrogens is 390 g/mol. The molecule has 2 aromatic carbocycles. The number of amides is 1. The van der Waals surface area contributed by atoms with Crippen LogP contribution in [0.5, 0.6) is 5.75 Å². The number of hydrogen-bond donors (Lipinski definition) is 2. The van der Waals surface area contributed by atoms with Gasteiger partial charge in [-0.25, -0.2) is 4.39 Å². The van der Waals surface area contributed by atoms with Crippen LogP contribution in [0.25, 0.3) is 0 Å². The van der Waals surface area contributed by atoms with E-state index in [1.807, 2.05) is 13.0 Å². The van der Waals surface area contributed by atoms with Crippen LogP contribution in [0.1, 0.15) is 53.9 Å². The van der Waals surface area contributed by atoms with Crippen LogP contribution >= 0.6 is 0 Å². The maximum Gasteiger partial charge on any atom is 0.419 e. The topological polar surface area (TPSA) is 58.6 Å². The number of aryl methyl sites for hydroxylation is 1. The molecule has 2 atom stereocenters. The maximum atomic E-state index is 13.5. The van der Waals surface area contributed by atoms with Crippen LogP contribution in [0.15, 0.2) is 36.4 Å². The summed E-state index contributed by atoms with van der Waals surface area (Å²) in [5.74, 6) is -1.85. The van der Waals surface area contributed by atoms with Gasteiger partial charge in [-0.1, -0.05) is 13.0 Å². The molecule has 0 aromatic heterocycles. The highest BCUT2D eigenvalue weighted by atomic mass is 19.4. The van der Waals surface area contributed by atoms with Gasteiger partial charge in [-0.3, -0.25) is 4.79 Å². The van der Waals surface area contributed by atoms with Crippen LogP contribution in [-0.2, 0) is 12.6 Å². The molecular formula is C21H21F4NO3. The molecule has 1 aliphatic rings. The Morgan fingerprint density at radius 3 is 2.52 bits per heavy atom. The van der Waals surface area contributed by atoms with Gasteiger partial charge in [0.1, 0.15) is 23.3 Å². The molecule has 1 amide bonds. The lowest BCUT2D eigenvalue weighted by Crippen LogP contribution is -2.53. The second-order valence-corrected chi connectivity index (χ2v) is 7.52. The first-order valence-corrected chi connectivity index (χ1v) is 9.11. The molecule has 0 saturated carbocycles. The SMILES string of the molecule is CCc1ccc2c(c1)[C@@H](NC(=O)c1ccc(F)c(C(F)(F)F)c1)[C@H](O)C(C)(C)O2. The molecule has 1 aliphatic heterocycles. The number of benzene rings is 2. The van der Waals surface area contributed by atoms with Gasteiger partial charge in [-0.15, -0.1) is 0 Å². The fraction of sp³-hybridized carbons (Fsp3) is 0.381. The molecule has 0 aliphatic carbocycles. The van der Waals surface area contributed by atoms with Crippen LogP contribution in [0.2, 0.25) is 0 Å². The second kappa shape index (κ2) is 7.33. The summed E-state index contributed by atoms with van der Waals surface area (Å²) in [7, 11) is 0. The van der Waals surface area contributed by atoms with Crippen LogP contribution in [0.3, 0.4) is 0 Å². The van der Waals surface area contributed by atoms with E-state index in [1.165, 1.54) is 0 Å². The van der Waals surface area contributed by atoms with Crippen LogP contribution < -0.4 is 10.1 Å². The molecule has 2 aromatic rings. The molecule has 0 bridgehead atoms. The van der Waals surface area contributed by atoms with Crippen molar-refractivity contribution in [3.05, 3.63) is 64.5 Å². The predicted octanol–water partition coefficient (Wildman–Crippen LogP) is 4.41. The third-order valence-electron chi connectivity index (χ3n) is 5.04. The van der Waals surface area contributed by atoms with E-state index in [2.05, 4.69) is 5.32 Å². The molecule has 0 spiro atoms. The summed E-state index contributed by atoms with van der Waals surface area (Å²) in [4.78, 5) is 12.7. The van der Waals surface area contributed by atoms with Crippen molar-refractivity contribution in [3.63, 3.8) is 0 Å². The van der Waals surface area contributed by atoms with Crippen LogP contribution in [-0.4, -0.2) is 22.7 Å². The number of ether oxygens (including phenoxy) is 1. The van der Waals surface area contributed by atoms with Crippen molar-refractivity contribution < 1.29 is 32.2 Å². The van der Waals surface area contributed by atoms with E-state index in [0.717, 1.165) is 11.6 Å². The number of aliphatic hydroxyl groups excluding tert-OH is 1. The largest absolute Gasteiger partial charge is 0.485 e. The summed E-state index contributed by atoms with van der Waals surface area (Å²) in [6, 6.07) is 6.51. The Morgan fingerprint density at radius 2 is 1.90 bits per heavy atom. The lowest BCUT2D eigenvalue weighted by Gasteiger charge is -2.42. The number of fused-ring (bicyclic) bond motifs is 1. The zero-order valence-corrected chi connectivity index (χ0v) is 16.1. The normalized spacial score (nSPS) is 20.6. The zero-order valence-electron chi connectivity index (χ0n) is 16.1. The van der Waals surface area contributed by atoms with Gasteiger partial charge < -0.3 is 15.2 Å². The Labute approximate surface area is 165 Å². The highest BCUT2D eigenvalue weighted by Gasteiger charge is 2.44. The fourth-order valence-corrected chi connectivity index (χ4v) is 3.33. The average molecular weight is 411 g/mol. The van der Waals surface area contributed by atoms with Crippen molar-refractivity contribution in [2.24, 2.45) is 0 Å². The minimum atomic E-state index is -4.93. The molecule has 0 saturated heterocycles. The summed E-state index contributed by atoms with van der Waals surface area (Å²) >= 11 is 0. The Hall–Kier alpha value is -2.61. The van der Waals surface area contributed by atoms with Crippen LogP contribution in [0, 0.1) is 5.82 Å². The van der Waals surface area contributed by atoms with Crippen molar-refractivity contribution in [1.29, 1.82) is 0 Å². The molecule has 0 fully saturated rings. The summed E-state index contributed by atoms with van der Waals surface area (Å²) < 4.78 is 58.3. The monoisotopic (exact) mass is 411 g/mol. The first-order valence-electron chi connectivity index (χ1n) is 9.11. The summed E-state index contributed by atoms with van der Waals surface area (Å²) in [6.07, 6.45) is -5.38. The predicted molar refractivity (Wildman–Crippen MR) is 98.1 cm³/mol. The van der Waals surface area contributed by atoms with Gasteiger partial charge in [0.15, 0.2) is 0 Å². The molecule has 29 heavy (non-hydrogen) atoms. The van der Waals surface area contributed by atoms with Crippen molar-refractivity contribution >= 4 is 5.91 Å². The van der Waals surface area contributed by atoms with E-state index in [9.17, 15) is 27.5 Å². The Balaban J connectivity index is 1.98. The standard InChI is InChI=1S/C21H21F4NO3/c1-4-11-5-8-16-13(9-11)17(18(27)20(2,3)29-16)26-19(28)12-6-7-15(22)14(10-12)21(23,24)25/h5-10,17-18,27H,4H2,1-3H3,(H,26,28)/t17-,18+/m1/s1. The number of alkyl halides is 3. The van der Waals surface area contributed by atoms with Gasteiger partial charge in [0.05, 0.1) is 11.6 Å². The number of carbonyl (C=O) groups excluding carboxylic acids is 1. The molecule has 0 radical (unpaired) electrons. The molecule has 1 heterocycles. The van der Waals surface area contributed by atoms with E-state index in [1.54, 1.807) is 26.0 Å². The average Bonchev–Trinajstić information content (AvgIpc) is 2.64. The van der Waals surface area contributed by atoms with E-state index < -0.39 is 41.2 Å². The number of nitrogens with one attached hydrogen (secondary N) is 1. The molecule has 3 rings (SSSR count). The number of halogens is 4. The highest BCUT2D eigenvalue weighted by molar-refractivity contribution is 5.94. The van der Waals surface area contributed by atoms with Gasteiger partial charge in [0, 0.05) is 11.1 Å². The van der Waals surface area contributed by atoms with E-state index in [-0.39, 0.29) is 5.56 Å². The first-order chi connectivity index (χ1) is 13.4. The van der Waals surface area contributed by atoms with Gasteiger partial charge in [0.2, 0.25) is 0 Å². The zero-order chi connectivity index (χ0) is 21.6. The first kappa shape index (κ1) is 21.1. The lowest BCUT2D eigenvalue weighted by atomic mass is 9.85. The molecule has 156 valence electrons. The van der Waals surface area contributed by atoms with E-state index in [0.29, 0.717) is 29.9 Å². The molecule has 0 unspecified atom stereocenters. The number of aliphatic hydroxyl groups is 1. The van der Waals surface area contributed by atoms with Gasteiger partial charge in [-0.2, -0.15) is 13.2 Å². The number of carbonyl (C=O) groups is 1. The second-order valence-electron chi connectivity index (χ2n) is 7.52. The molecule has 2 N–H and O–H groups in total. The van der Waals surface area contributed by atoms with Crippen LogP contribution in [0.4, 0.5) is 17.6 Å².